The quantitative estimate of drug-likeness (QED) is 0.0614. The molecule has 3 rings (SSSR count). The largest absolute Gasteiger partial charge is 0.334 e. The zero-order valence-corrected chi connectivity index (χ0v) is 28.2. The van der Waals surface area contributed by atoms with Crippen molar-refractivity contribution in [2.75, 3.05) is 34.5 Å². The van der Waals surface area contributed by atoms with Crippen LogP contribution >= 0.6 is 36.7 Å². The number of benzene rings is 3. The SMILES string of the molecule is CN(N)C(=S)c1ccccc1.CN(NC(=O)NCNC(=O)NN(C)C(=S)c1ccccc1)C(=S)c1ccccc1.O=C=NCN=C=O. The molecule has 3 aromatic carbocycles. The van der Waals surface area contributed by atoms with Gasteiger partial charge < -0.3 is 15.6 Å². The summed E-state index contributed by atoms with van der Waals surface area (Å²) in [7, 11) is 5.00. The van der Waals surface area contributed by atoms with Crippen molar-refractivity contribution in [1.29, 1.82) is 0 Å². The number of carbonyl (C=O) groups excluding carboxylic acids is 4. The second-order valence-electron chi connectivity index (χ2n) is 8.79. The number of urea groups is 2. The van der Waals surface area contributed by atoms with Gasteiger partial charge in [0.2, 0.25) is 12.2 Å². The van der Waals surface area contributed by atoms with Gasteiger partial charge in [-0.1, -0.05) is 128 Å². The summed E-state index contributed by atoms with van der Waals surface area (Å²) in [4.78, 5) is 49.7. The van der Waals surface area contributed by atoms with Crippen LogP contribution in [0.25, 0.3) is 0 Å². The highest BCUT2D eigenvalue weighted by Gasteiger charge is 2.12. The fourth-order valence-corrected chi connectivity index (χ4v) is 3.62. The van der Waals surface area contributed by atoms with Crippen molar-refractivity contribution in [3.8, 4) is 0 Å². The third kappa shape index (κ3) is 16.5. The molecule has 47 heavy (non-hydrogen) atoms. The molecule has 0 heterocycles. The number of nitrogens with zero attached hydrogens (tertiary/aromatic N) is 5. The number of thiocarbonyl (C=S) groups is 3. The van der Waals surface area contributed by atoms with Crippen molar-refractivity contribution in [3.05, 3.63) is 108 Å². The molecular formula is C30H34N10O4S3. The Morgan fingerprint density at radius 2 is 0.957 bits per heavy atom. The van der Waals surface area contributed by atoms with Gasteiger partial charge >= 0.3 is 12.1 Å². The lowest BCUT2D eigenvalue weighted by Crippen LogP contribution is -2.53. The van der Waals surface area contributed by atoms with E-state index in [9.17, 15) is 19.2 Å². The molecule has 246 valence electrons. The third-order valence-electron chi connectivity index (χ3n) is 5.30. The topological polar surface area (TPSA) is 177 Å². The van der Waals surface area contributed by atoms with Crippen molar-refractivity contribution in [3.63, 3.8) is 0 Å². The van der Waals surface area contributed by atoms with Gasteiger partial charge in [0, 0.05) is 37.8 Å². The molecule has 0 aromatic heterocycles. The molecule has 0 atom stereocenters. The molecule has 6 N–H and O–H groups in total. The summed E-state index contributed by atoms with van der Waals surface area (Å²) in [5.41, 5.74) is 7.73. The Morgan fingerprint density at radius 3 is 1.26 bits per heavy atom. The molecule has 0 aliphatic heterocycles. The molecule has 0 aliphatic rings. The van der Waals surface area contributed by atoms with Crippen molar-refractivity contribution in [2.24, 2.45) is 15.8 Å². The van der Waals surface area contributed by atoms with E-state index in [1.54, 1.807) is 21.1 Å². The number of hydrazine groups is 3. The summed E-state index contributed by atoms with van der Waals surface area (Å²) in [6, 6.07) is 27.3. The maximum Gasteiger partial charge on any atom is 0.334 e. The van der Waals surface area contributed by atoms with Gasteiger partial charge in [0.15, 0.2) is 6.67 Å². The second-order valence-corrected chi connectivity index (χ2v) is 9.95. The number of carbonyl (C=O) groups is 2. The van der Waals surface area contributed by atoms with Gasteiger partial charge in [-0.2, -0.15) is 9.98 Å². The molecular weight excluding hydrogens is 661 g/mol. The maximum absolute atomic E-state index is 12.0. The van der Waals surface area contributed by atoms with Crippen molar-refractivity contribution in [2.45, 2.75) is 0 Å². The highest BCUT2D eigenvalue weighted by atomic mass is 32.1. The van der Waals surface area contributed by atoms with Crippen LogP contribution in [-0.2, 0) is 9.59 Å². The van der Waals surface area contributed by atoms with Gasteiger partial charge in [0.05, 0.1) is 6.67 Å². The van der Waals surface area contributed by atoms with Gasteiger partial charge in [-0.15, -0.1) is 0 Å². The summed E-state index contributed by atoms with van der Waals surface area (Å²) in [6.45, 7) is -0.247. The number of aliphatic imine (C=N–C) groups is 2. The first-order valence-electron chi connectivity index (χ1n) is 13.4. The number of amides is 4. The van der Waals surface area contributed by atoms with Crippen LogP contribution in [0, 0.1) is 0 Å². The number of nitrogens with two attached hydrogens (primary N) is 1. The molecule has 0 spiro atoms. The van der Waals surface area contributed by atoms with E-state index in [0.717, 1.165) is 16.7 Å². The monoisotopic (exact) mass is 694 g/mol. The van der Waals surface area contributed by atoms with Crippen molar-refractivity contribution in [1.82, 2.24) is 36.5 Å². The standard InChI is InChI=1S/C19H22N6O2S2.C8H10N2S.C3H2N2O2/c1-24(16(28)14-9-5-3-6-10-14)22-18(26)20-13-21-19(27)23-25(2)17(29)15-11-7-4-8-12-15;1-10(9)8(11)7-5-3-2-4-6-7;6-2-4-1-5-3-7/h3-12H,13H2,1-2H3,(H2,20,22,26)(H2,21,23,27);2-6H,9H2,1H3;1H2. The van der Waals surface area contributed by atoms with Crippen LogP contribution in [0.2, 0.25) is 0 Å². The van der Waals surface area contributed by atoms with Crippen molar-refractivity contribution < 1.29 is 19.2 Å². The Kier molecular flexibility index (Phi) is 19.4. The minimum atomic E-state index is -0.515. The van der Waals surface area contributed by atoms with E-state index in [1.165, 1.54) is 27.2 Å². The first-order chi connectivity index (χ1) is 22.5. The van der Waals surface area contributed by atoms with E-state index < -0.39 is 12.1 Å². The minimum Gasteiger partial charge on any atom is -0.319 e. The number of hydrogen-bond acceptors (Lipinski definition) is 10. The van der Waals surface area contributed by atoms with E-state index >= 15 is 0 Å². The Bertz CT molecular complexity index is 1460. The van der Waals surface area contributed by atoms with E-state index in [-0.39, 0.29) is 13.3 Å². The van der Waals surface area contributed by atoms with Gasteiger partial charge in [0.25, 0.3) is 0 Å². The lowest BCUT2D eigenvalue weighted by atomic mass is 10.2. The van der Waals surface area contributed by atoms with E-state index in [0.29, 0.717) is 15.0 Å². The van der Waals surface area contributed by atoms with Gasteiger partial charge in [-0.3, -0.25) is 10.0 Å². The minimum absolute atomic E-state index is 0.0878. The molecule has 4 amide bonds. The highest BCUT2D eigenvalue weighted by Crippen LogP contribution is 2.04. The molecule has 0 radical (unpaired) electrons. The summed E-state index contributed by atoms with van der Waals surface area (Å²) in [5.74, 6) is 5.46. The normalized spacial score (nSPS) is 9.02. The van der Waals surface area contributed by atoms with E-state index in [2.05, 4.69) is 31.5 Å². The summed E-state index contributed by atoms with van der Waals surface area (Å²) < 4.78 is 0. The molecule has 0 aliphatic carbocycles. The Balaban J connectivity index is 0.000000499. The Morgan fingerprint density at radius 1 is 0.638 bits per heavy atom. The fraction of sp³-hybridized carbons (Fsp3) is 0.167. The maximum atomic E-state index is 12.0. The predicted molar refractivity (Wildman–Crippen MR) is 191 cm³/mol. The van der Waals surface area contributed by atoms with Gasteiger partial charge in [-0.25, -0.2) is 35.9 Å². The summed E-state index contributed by atoms with van der Waals surface area (Å²) in [6.07, 6.45) is 2.41. The summed E-state index contributed by atoms with van der Waals surface area (Å²) >= 11 is 15.7. The predicted octanol–water partition coefficient (Wildman–Crippen LogP) is 2.77. The number of isocyanates is 2. The molecule has 0 unspecified atom stereocenters. The molecule has 0 saturated heterocycles. The van der Waals surface area contributed by atoms with Crippen molar-refractivity contribution >= 4 is 75.8 Å². The molecule has 3 aromatic rings. The first kappa shape index (κ1) is 39.6. The first-order valence-corrected chi connectivity index (χ1v) is 14.6. The van der Waals surface area contributed by atoms with Crippen LogP contribution in [-0.4, -0.2) is 88.7 Å². The average Bonchev–Trinajstić information content (AvgIpc) is 3.09. The van der Waals surface area contributed by atoms with E-state index in [1.807, 2.05) is 91.0 Å². The van der Waals surface area contributed by atoms with Crippen LogP contribution in [0.3, 0.4) is 0 Å². The van der Waals surface area contributed by atoms with Crippen LogP contribution in [0.15, 0.2) is 101 Å². The Labute approximate surface area is 288 Å². The molecule has 14 nitrogen and oxygen atoms in total. The van der Waals surface area contributed by atoms with E-state index in [4.69, 9.17) is 42.5 Å². The lowest BCUT2D eigenvalue weighted by Gasteiger charge is -2.22. The van der Waals surface area contributed by atoms with Crippen LogP contribution in [0.5, 0.6) is 0 Å². The average molecular weight is 695 g/mol. The van der Waals surface area contributed by atoms with Crippen LogP contribution in [0.4, 0.5) is 9.59 Å². The van der Waals surface area contributed by atoms with Gasteiger partial charge in [0.1, 0.15) is 15.0 Å². The summed E-state index contributed by atoms with van der Waals surface area (Å²) in [5, 5.41) is 9.30. The molecule has 0 saturated carbocycles. The zero-order chi connectivity index (χ0) is 35.0. The Hall–Kier alpha value is -5.41. The zero-order valence-electron chi connectivity index (χ0n) is 25.7. The number of nitrogens with one attached hydrogen (secondary N) is 4. The molecule has 17 heteroatoms. The third-order valence-corrected chi connectivity index (χ3v) is 6.84. The van der Waals surface area contributed by atoms with Crippen LogP contribution in [0.1, 0.15) is 16.7 Å². The molecule has 0 fully saturated rings. The lowest BCUT2D eigenvalue weighted by molar-refractivity contribution is 0.217. The number of rotatable bonds is 7. The molecule has 0 bridgehead atoms. The van der Waals surface area contributed by atoms with Gasteiger partial charge in [-0.05, 0) is 0 Å². The van der Waals surface area contributed by atoms with Crippen LogP contribution < -0.4 is 27.3 Å². The smallest absolute Gasteiger partial charge is 0.319 e. The highest BCUT2D eigenvalue weighted by molar-refractivity contribution is 7.81. The number of hydrogen-bond donors (Lipinski definition) is 5. The fourth-order valence-electron chi connectivity index (χ4n) is 3.12. The second kappa shape index (κ2) is 23.0.